The summed E-state index contributed by atoms with van der Waals surface area (Å²) < 4.78 is 5.54. The Morgan fingerprint density at radius 1 is 1.39 bits per heavy atom. The second-order valence-electron chi connectivity index (χ2n) is 5.83. The summed E-state index contributed by atoms with van der Waals surface area (Å²) in [5.74, 6) is -0.0854. The molecular weight excluding hydrogens is 310 g/mol. The first-order chi connectivity index (χ1) is 11.1. The highest BCUT2D eigenvalue weighted by Crippen LogP contribution is 2.27. The van der Waals surface area contributed by atoms with Gasteiger partial charge in [0.15, 0.2) is 5.17 Å². The summed E-state index contributed by atoms with van der Waals surface area (Å²) >= 11 is 1.39. The molecule has 2 aliphatic rings. The van der Waals surface area contributed by atoms with E-state index >= 15 is 0 Å². The minimum absolute atomic E-state index is 0.0854. The zero-order valence-electron chi connectivity index (χ0n) is 13.4. The van der Waals surface area contributed by atoms with E-state index < -0.39 is 0 Å². The van der Waals surface area contributed by atoms with Crippen molar-refractivity contribution < 1.29 is 9.53 Å². The van der Waals surface area contributed by atoms with Crippen LogP contribution in [0.2, 0.25) is 0 Å². The van der Waals surface area contributed by atoms with Gasteiger partial charge in [0, 0.05) is 26.4 Å². The highest BCUT2D eigenvalue weighted by Gasteiger charge is 2.24. The normalized spacial score (nSPS) is 24.4. The van der Waals surface area contributed by atoms with Crippen LogP contribution in [0.15, 0.2) is 34.2 Å². The maximum atomic E-state index is 12.0. The molecule has 1 amide bonds. The van der Waals surface area contributed by atoms with Crippen molar-refractivity contribution >= 4 is 34.6 Å². The van der Waals surface area contributed by atoms with Gasteiger partial charge in [-0.3, -0.25) is 9.79 Å². The fourth-order valence-electron chi connectivity index (χ4n) is 2.49. The molecule has 1 N–H and O–H groups in total. The number of carbonyl (C=O) groups is 1. The second-order valence-corrected chi connectivity index (χ2v) is 6.86. The molecule has 1 aromatic carbocycles. The number of hydrogen-bond acceptors (Lipinski definition) is 5. The summed E-state index contributed by atoms with van der Waals surface area (Å²) in [4.78, 5) is 19.2. The highest BCUT2D eigenvalue weighted by atomic mass is 32.2. The summed E-state index contributed by atoms with van der Waals surface area (Å²) in [5.41, 5.74) is 2.14. The largest absolute Gasteiger partial charge is 0.378 e. The average Bonchev–Trinajstić information content (AvgIpc) is 3.16. The van der Waals surface area contributed by atoms with Crippen LogP contribution in [-0.4, -0.2) is 44.4 Å². The average molecular weight is 331 g/mol. The zero-order valence-corrected chi connectivity index (χ0v) is 14.2. The van der Waals surface area contributed by atoms with Gasteiger partial charge >= 0.3 is 0 Å². The maximum absolute atomic E-state index is 12.0. The van der Waals surface area contributed by atoms with E-state index in [4.69, 9.17) is 4.74 Å². The van der Waals surface area contributed by atoms with Crippen LogP contribution in [0.4, 0.5) is 5.69 Å². The van der Waals surface area contributed by atoms with Crippen molar-refractivity contribution in [3.8, 4) is 0 Å². The smallest absolute Gasteiger partial charge is 0.264 e. The molecule has 1 atom stereocenters. The number of rotatable bonds is 4. The molecule has 0 bridgehead atoms. The Hall–Kier alpha value is -1.79. The summed E-state index contributed by atoms with van der Waals surface area (Å²) in [6.45, 7) is 1.44. The first-order valence-electron chi connectivity index (χ1n) is 7.76. The van der Waals surface area contributed by atoms with Crippen LogP contribution in [0, 0.1) is 0 Å². The predicted octanol–water partition coefficient (Wildman–Crippen LogP) is 2.49. The SMILES string of the molecule is CN(C)c1ccc(/C=C2\SC(=NCC3CCCO3)NC2=O)cc1. The Bertz CT molecular complexity index is 632. The lowest BCUT2D eigenvalue weighted by atomic mass is 10.2. The van der Waals surface area contributed by atoms with Crippen molar-refractivity contribution in [3.63, 3.8) is 0 Å². The third-order valence-corrected chi connectivity index (χ3v) is 4.77. The molecule has 2 fully saturated rings. The number of benzene rings is 1. The number of aliphatic imine (C=N–C) groups is 1. The van der Waals surface area contributed by atoms with Crippen LogP contribution in [-0.2, 0) is 9.53 Å². The molecule has 5 nitrogen and oxygen atoms in total. The van der Waals surface area contributed by atoms with E-state index in [1.54, 1.807) is 0 Å². The summed E-state index contributed by atoms with van der Waals surface area (Å²) in [7, 11) is 4.01. The Balaban J connectivity index is 1.65. The fourth-order valence-corrected chi connectivity index (χ4v) is 3.32. The van der Waals surface area contributed by atoms with Crippen LogP contribution >= 0.6 is 11.8 Å². The Kier molecular flexibility index (Phi) is 5.03. The van der Waals surface area contributed by atoms with E-state index in [2.05, 4.69) is 10.3 Å². The van der Waals surface area contributed by atoms with Gasteiger partial charge in [-0.15, -0.1) is 0 Å². The number of amides is 1. The lowest BCUT2D eigenvalue weighted by Crippen LogP contribution is -2.21. The molecule has 0 spiro atoms. The van der Waals surface area contributed by atoms with Crippen LogP contribution in [0.3, 0.4) is 0 Å². The molecule has 3 rings (SSSR count). The van der Waals surface area contributed by atoms with Crippen LogP contribution < -0.4 is 10.2 Å². The van der Waals surface area contributed by atoms with E-state index in [9.17, 15) is 4.79 Å². The topological polar surface area (TPSA) is 53.9 Å². The quantitative estimate of drug-likeness (QED) is 0.861. The zero-order chi connectivity index (χ0) is 16.2. The van der Waals surface area contributed by atoms with Gasteiger partial charge in [-0.1, -0.05) is 12.1 Å². The van der Waals surface area contributed by atoms with E-state index in [0.717, 1.165) is 30.7 Å². The minimum Gasteiger partial charge on any atom is -0.378 e. The highest BCUT2D eigenvalue weighted by molar-refractivity contribution is 8.18. The van der Waals surface area contributed by atoms with Crippen molar-refractivity contribution in [1.82, 2.24) is 5.32 Å². The maximum Gasteiger partial charge on any atom is 0.264 e. The molecular formula is C17H21N3O2S. The molecule has 6 heteroatoms. The predicted molar refractivity (Wildman–Crippen MR) is 95.8 cm³/mol. The number of nitrogens with zero attached hydrogens (tertiary/aromatic N) is 2. The third-order valence-electron chi connectivity index (χ3n) is 3.82. The molecule has 2 saturated heterocycles. The number of hydrogen-bond donors (Lipinski definition) is 1. The molecule has 0 radical (unpaired) electrons. The van der Waals surface area contributed by atoms with Crippen molar-refractivity contribution in [3.05, 3.63) is 34.7 Å². The number of ether oxygens (including phenoxy) is 1. The molecule has 23 heavy (non-hydrogen) atoms. The second kappa shape index (κ2) is 7.19. The number of carbonyl (C=O) groups excluding carboxylic acids is 1. The lowest BCUT2D eigenvalue weighted by Gasteiger charge is -2.11. The van der Waals surface area contributed by atoms with Gasteiger partial charge in [0.25, 0.3) is 5.91 Å². The Labute approximate surface area is 140 Å². The van der Waals surface area contributed by atoms with E-state index in [1.165, 1.54) is 11.8 Å². The number of amidine groups is 1. The summed E-state index contributed by atoms with van der Waals surface area (Å²) in [6, 6.07) is 8.10. The van der Waals surface area contributed by atoms with Gasteiger partial charge in [0.1, 0.15) is 0 Å². The third kappa shape index (κ3) is 4.14. The van der Waals surface area contributed by atoms with Crippen LogP contribution in [0.25, 0.3) is 6.08 Å². The van der Waals surface area contributed by atoms with Gasteiger partial charge in [0.2, 0.25) is 0 Å². The van der Waals surface area contributed by atoms with E-state index in [1.807, 2.05) is 49.3 Å². The molecule has 2 aliphatic heterocycles. The molecule has 2 heterocycles. The monoisotopic (exact) mass is 331 g/mol. The van der Waals surface area contributed by atoms with Gasteiger partial charge in [-0.05, 0) is 48.4 Å². The van der Waals surface area contributed by atoms with Crippen LogP contribution in [0.5, 0.6) is 0 Å². The molecule has 1 unspecified atom stereocenters. The number of anilines is 1. The first kappa shape index (κ1) is 16.1. The van der Waals surface area contributed by atoms with Crippen molar-refractivity contribution in [1.29, 1.82) is 0 Å². The molecule has 0 aliphatic carbocycles. The van der Waals surface area contributed by atoms with Gasteiger partial charge < -0.3 is 15.0 Å². The van der Waals surface area contributed by atoms with Crippen molar-refractivity contribution in [2.75, 3.05) is 32.1 Å². The van der Waals surface area contributed by atoms with Gasteiger partial charge in [-0.25, -0.2) is 0 Å². The molecule has 1 aromatic rings. The van der Waals surface area contributed by atoms with Gasteiger partial charge in [-0.2, -0.15) is 0 Å². The molecule has 122 valence electrons. The lowest BCUT2D eigenvalue weighted by molar-refractivity contribution is -0.115. The number of nitrogens with one attached hydrogen (secondary N) is 1. The summed E-state index contributed by atoms with van der Waals surface area (Å²) in [5, 5.41) is 3.49. The number of thioether (sulfide) groups is 1. The molecule has 0 aromatic heterocycles. The van der Waals surface area contributed by atoms with Crippen LogP contribution in [0.1, 0.15) is 18.4 Å². The Morgan fingerprint density at radius 3 is 2.83 bits per heavy atom. The first-order valence-corrected chi connectivity index (χ1v) is 8.58. The Morgan fingerprint density at radius 2 is 2.17 bits per heavy atom. The standard InChI is InChI=1S/C17H21N3O2S/c1-20(2)13-7-5-12(6-8-13)10-15-16(21)19-17(23-15)18-11-14-4-3-9-22-14/h5-8,10,14H,3-4,9,11H2,1-2H3,(H,18,19,21)/b15-10-. The van der Waals surface area contributed by atoms with Crippen molar-refractivity contribution in [2.45, 2.75) is 18.9 Å². The fraction of sp³-hybridized carbons (Fsp3) is 0.412. The molecule has 0 saturated carbocycles. The summed E-state index contributed by atoms with van der Waals surface area (Å²) in [6.07, 6.45) is 4.25. The van der Waals surface area contributed by atoms with Crippen molar-refractivity contribution in [2.24, 2.45) is 4.99 Å². The van der Waals surface area contributed by atoms with E-state index in [0.29, 0.717) is 16.6 Å². The van der Waals surface area contributed by atoms with E-state index in [-0.39, 0.29) is 12.0 Å². The van der Waals surface area contributed by atoms with Gasteiger partial charge in [0.05, 0.1) is 17.6 Å². The minimum atomic E-state index is -0.0854.